The van der Waals surface area contributed by atoms with E-state index in [1.165, 1.54) is 10.9 Å². The molecule has 1 heterocycles. The molecule has 1 fully saturated rings. The van der Waals surface area contributed by atoms with Crippen molar-refractivity contribution in [2.24, 2.45) is 5.41 Å². The smallest absolute Gasteiger partial charge is 0.134 e. The van der Waals surface area contributed by atoms with E-state index in [2.05, 4.69) is 45.1 Å². The predicted octanol–water partition coefficient (Wildman–Crippen LogP) is 3.81. The van der Waals surface area contributed by atoms with Crippen molar-refractivity contribution in [3.63, 3.8) is 0 Å². The molecule has 3 heteroatoms. The molecule has 2 aromatic rings. The Morgan fingerprint density at radius 2 is 2.10 bits per heavy atom. The number of hydrogen-bond acceptors (Lipinski definition) is 3. The number of aryl methyl sites for hydroxylation is 1. The van der Waals surface area contributed by atoms with Crippen LogP contribution < -0.4 is 5.32 Å². The first-order valence-electron chi connectivity index (χ1n) is 7.89. The van der Waals surface area contributed by atoms with Crippen molar-refractivity contribution >= 4 is 11.0 Å². The average molecular weight is 287 g/mol. The van der Waals surface area contributed by atoms with Crippen LogP contribution in [0.3, 0.4) is 0 Å². The fraction of sp³-hybridized carbons (Fsp3) is 0.556. The second-order valence-corrected chi connectivity index (χ2v) is 6.81. The zero-order valence-electron chi connectivity index (χ0n) is 13.3. The molecule has 1 aliphatic rings. The van der Waals surface area contributed by atoms with Crippen LogP contribution in [0.4, 0.5) is 0 Å². The molecular formula is C18H25NO2. The summed E-state index contributed by atoms with van der Waals surface area (Å²) < 4.78 is 6.09. The Kier molecular flexibility index (Phi) is 3.58. The van der Waals surface area contributed by atoms with Crippen LogP contribution in [-0.2, 0) is 6.42 Å². The van der Waals surface area contributed by atoms with Gasteiger partial charge in [0.2, 0.25) is 0 Å². The number of aliphatic hydroxyl groups excluding tert-OH is 1. The highest BCUT2D eigenvalue weighted by atomic mass is 16.3. The number of hydrogen-bond donors (Lipinski definition) is 2. The first kappa shape index (κ1) is 14.6. The van der Waals surface area contributed by atoms with E-state index in [-0.39, 0.29) is 17.6 Å². The Morgan fingerprint density at radius 3 is 2.71 bits per heavy atom. The molecule has 1 aromatic carbocycles. The van der Waals surface area contributed by atoms with Crippen molar-refractivity contribution in [3.8, 4) is 0 Å². The molecule has 0 amide bonds. The average Bonchev–Trinajstić information content (AvgIpc) is 2.85. The Bertz CT molecular complexity index is 644. The maximum atomic E-state index is 9.88. The molecular weight excluding hydrogens is 262 g/mol. The number of aliphatic hydroxyl groups is 1. The van der Waals surface area contributed by atoms with E-state index in [1.54, 1.807) is 0 Å². The van der Waals surface area contributed by atoms with Gasteiger partial charge >= 0.3 is 0 Å². The molecule has 1 aliphatic carbocycles. The van der Waals surface area contributed by atoms with Crippen molar-refractivity contribution in [1.82, 2.24) is 5.32 Å². The van der Waals surface area contributed by atoms with Gasteiger partial charge in [-0.05, 0) is 25.8 Å². The summed E-state index contributed by atoms with van der Waals surface area (Å²) in [5.74, 6) is 1.04. The van der Waals surface area contributed by atoms with E-state index in [0.717, 1.165) is 24.2 Å². The third kappa shape index (κ3) is 2.29. The number of rotatable bonds is 4. The van der Waals surface area contributed by atoms with E-state index >= 15 is 0 Å². The molecule has 2 N–H and O–H groups in total. The van der Waals surface area contributed by atoms with E-state index in [4.69, 9.17) is 4.42 Å². The summed E-state index contributed by atoms with van der Waals surface area (Å²) in [5.41, 5.74) is 2.20. The SMILES string of the molecule is CCc1c(C(C)NC2CC(O)C2(C)C)oc2ccccc12. The third-order valence-corrected chi connectivity index (χ3v) is 5.14. The normalized spacial score (nSPS) is 25.8. The van der Waals surface area contributed by atoms with Gasteiger partial charge in [-0.1, -0.05) is 39.0 Å². The molecule has 0 saturated heterocycles. The van der Waals surface area contributed by atoms with Gasteiger partial charge in [0.1, 0.15) is 11.3 Å². The lowest BCUT2D eigenvalue weighted by Crippen LogP contribution is -2.60. The van der Waals surface area contributed by atoms with E-state index in [0.29, 0.717) is 6.04 Å². The van der Waals surface area contributed by atoms with Gasteiger partial charge in [0.25, 0.3) is 0 Å². The van der Waals surface area contributed by atoms with Gasteiger partial charge in [0, 0.05) is 22.4 Å². The highest BCUT2D eigenvalue weighted by molar-refractivity contribution is 5.82. The number of nitrogens with one attached hydrogen (secondary N) is 1. The summed E-state index contributed by atoms with van der Waals surface area (Å²) in [6, 6.07) is 8.72. The van der Waals surface area contributed by atoms with Gasteiger partial charge in [-0.15, -0.1) is 0 Å². The Balaban J connectivity index is 1.86. The minimum atomic E-state index is -0.205. The maximum Gasteiger partial charge on any atom is 0.134 e. The van der Waals surface area contributed by atoms with Crippen molar-refractivity contribution < 1.29 is 9.52 Å². The molecule has 0 spiro atoms. The van der Waals surface area contributed by atoms with Gasteiger partial charge in [-0.2, -0.15) is 0 Å². The lowest BCUT2D eigenvalue weighted by Gasteiger charge is -2.50. The van der Waals surface area contributed by atoms with Crippen LogP contribution in [-0.4, -0.2) is 17.3 Å². The Hall–Kier alpha value is -1.32. The Morgan fingerprint density at radius 1 is 1.38 bits per heavy atom. The summed E-state index contributed by atoms with van der Waals surface area (Å²) in [5, 5.41) is 14.7. The third-order valence-electron chi connectivity index (χ3n) is 5.14. The van der Waals surface area contributed by atoms with Crippen LogP contribution >= 0.6 is 0 Å². The second kappa shape index (κ2) is 5.15. The van der Waals surface area contributed by atoms with E-state index in [1.807, 2.05) is 12.1 Å². The predicted molar refractivity (Wildman–Crippen MR) is 85.3 cm³/mol. The second-order valence-electron chi connectivity index (χ2n) is 6.81. The molecule has 21 heavy (non-hydrogen) atoms. The van der Waals surface area contributed by atoms with Crippen LogP contribution in [0.5, 0.6) is 0 Å². The highest BCUT2D eigenvalue weighted by Gasteiger charge is 2.47. The molecule has 0 bridgehead atoms. The maximum absolute atomic E-state index is 9.88. The minimum absolute atomic E-state index is 0.0628. The molecule has 0 aliphatic heterocycles. The first-order valence-corrected chi connectivity index (χ1v) is 7.89. The quantitative estimate of drug-likeness (QED) is 0.899. The zero-order valence-corrected chi connectivity index (χ0v) is 13.3. The van der Waals surface area contributed by atoms with Gasteiger partial charge in [0.05, 0.1) is 12.1 Å². The molecule has 114 valence electrons. The molecule has 0 radical (unpaired) electrons. The monoisotopic (exact) mass is 287 g/mol. The summed E-state index contributed by atoms with van der Waals surface area (Å²) >= 11 is 0. The van der Waals surface area contributed by atoms with Crippen molar-refractivity contribution in [3.05, 3.63) is 35.6 Å². The van der Waals surface area contributed by atoms with Crippen LogP contribution in [0.25, 0.3) is 11.0 Å². The fourth-order valence-electron chi connectivity index (χ4n) is 3.39. The summed E-state index contributed by atoms with van der Waals surface area (Å²) in [6.07, 6.45) is 1.58. The van der Waals surface area contributed by atoms with Gasteiger partial charge in [0.15, 0.2) is 0 Å². The molecule has 3 unspecified atom stereocenters. The van der Waals surface area contributed by atoms with Crippen LogP contribution in [0.2, 0.25) is 0 Å². The number of furan rings is 1. The van der Waals surface area contributed by atoms with Crippen LogP contribution in [0, 0.1) is 5.41 Å². The van der Waals surface area contributed by atoms with E-state index in [9.17, 15) is 5.11 Å². The van der Waals surface area contributed by atoms with Gasteiger partial charge in [-0.3, -0.25) is 0 Å². The first-order chi connectivity index (χ1) is 9.95. The number of benzene rings is 1. The highest BCUT2D eigenvalue weighted by Crippen LogP contribution is 2.42. The van der Waals surface area contributed by atoms with Crippen molar-refractivity contribution in [1.29, 1.82) is 0 Å². The van der Waals surface area contributed by atoms with Crippen LogP contribution in [0.15, 0.2) is 28.7 Å². The lowest BCUT2D eigenvalue weighted by atomic mass is 9.64. The van der Waals surface area contributed by atoms with Gasteiger partial charge < -0.3 is 14.8 Å². The van der Waals surface area contributed by atoms with Gasteiger partial charge in [-0.25, -0.2) is 0 Å². The molecule has 1 aromatic heterocycles. The topological polar surface area (TPSA) is 45.4 Å². The lowest BCUT2D eigenvalue weighted by molar-refractivity contribution is -0.0760. The standard InChI is InChI=1S/C18H25NO2/c1-5-12-13-8-6-7-9-14(13)21-17(12)11(2)19-15-10-16(20)18(15,3)4/h6-9,11,15-16,19-20H,5,10H2,1-4H3. The zero-order chi connectivity index (χ0) is 15.2. The molecule has 3 nitrogen and oxygen atoms in total. The molecule has 3 rings (SSSR count). The number of para-hydroxylation sites is 1. The summed E-state index contributed by atoms with van der Waals surface area (Å²) in [7, 11) is 0. The largest absolute Gasteiger partial charge is 0.459 e. The van der Waals surface area contributed by atoms with Crippen molar-refractivity contribution in [2.45, 2.75) is 58.7 Å². The fourth-order valence-corrected chi connectivity index (χ4v) is 3.39. The van der Waals surface area contributed by atoms with E-state index < -0.39 is 0 Å². The summed E-state index contributed by atoms with van der Waals surface area (Å²) in [4.78, 5) is 0. The minimum Gasteiger partial charge on any atom is -0.459 e. The van der Waals surface area contributed by atoms with Crippen molar-refractivity contribution in [2.75, 3.05) is 0 Å². The molecule has 3 atom stereocenters. The summed E-state index contributed by atoms with van der Waals surface area (Å²) in [6.45, 7) is 8.55. The number of fused-ring (bicyclic) bond motifs is 1. The van der Waals surface area contributed by atoms with Crippen LogP contribution in [0.1, 0.15) is 51.5 Å². The Labute approximate surface area is 126 Å². The molecule has 1 saturated carbocycles.